The molecule has 1 unspecified atom stereocenters. The summed E-state index contributed by atoms with van der Waals surface area (Å²) in [5, 5.41) is 0. The molecule has 1 atom stereocenters. The van der Waals surface area contributed by atoms with Crippen LogP contribution in [0.2, 0.25) is 0 Å². The number of carbonyl (C=O) groups is 3. The van der Waals surface area contributed by atoms with Crippen molar-refractivity contribution < 1.29 is 28.6 Å². The minimum atomic E-state index is -0.787. The molecule has 0 saturated heterocycles. The highest BCUT2D eigenvalue weighted by molar-refractivity contribution is 5.71. The van der Waals surface area contributed by atoms with Gasteiger partial charge in [0.1, 0.15) is 13.2 Å². The van der Waals surface area contributed by atoms with E-state index in [2.05, 4.69) is 106 Å². The van der Waals surface area contributed by atoms with E-state index in [1.807, 2.05) is 0 Å². The molecule has 0 aliphatic heterocycles. The number of carbonyl (C=O) groups excluding carboxylic acids is 3. The van der Waals surface area contributed by atoms with Crippen LogP contribution in [-0.2, 0) is 28.6 Å². The van der Waals surface area contributed by atoms with Gasteiger partial charge in [-0.05, 0) is 116 Å². The molecule has 0 aromatic carbocycles. The zero-order valence-corrected chi connectivity index (χ0v) is 48.1. The first-order valence-corrected chi connectivity index (χ1v) is 31.1. The molecule has 420 valence electrons. The molecule has 6 heteroatoms. The van der Waals surface area contributed by atoms with E-state index in [1.165, 1.54) is 161 Å². The molecule has 0 amide bonds. The standard InChI is InChI=1S/C67H116O6/c1-4-7-10-13-16-19-22-25-28-30-32-33-34-35-36-38-39-42-45-48-51-54-57-60-66(69)72-63-64(62-71-65(68)59-56-53-50-47-44-41-27-24-21-18-15-12-9-6-3)73-67(70)61-58-55-52-49-46-43-40-37-31-29-26-23-20-17-14-11-8-5-2/h7,10,16,19-20,23-25,27-29,31-33,64H,4-6,8-9,11-15,17-18,21-22,26,30,34-63H2,1-3H3/b10-7-,19-16-,23-20-,27-24-,28-25-,31-29-,33-32-. The van der Waals surface area contributed by atoms with Gasteiger partial charge < -0.3 is 14.2 Å². The summed E-state index contributed by atoms with van der Waals surface area (Å²) >= 11 is 0. The number of allylic oxidation sites excluding steroid dienone is 14. The van der Waals surface area contributed by atoms with Gasteiger partial charge in [-0.3, -0.25) is 14.4 Å². The number of rotatable bonds is 56. The summed E-state index contributed by atoms with van der Waals surface area (Å²) in [4.78, 5) is 38.3. The van der Waals surface area contributed by atoms with Crippen molar-refractivity contribution in [2.24, 2.45) is 0 Å². The lowest BCUT2D eigenvalue weighted by Gasteiger charge is -2.18. The average molecular weight is 1020 g/mol. The highest BCUT2D eigenvalue weighted by Crippen LogP contribution is 2.16. The van der Waals surface area contributed by atoms with Gasteiger partial charge in [-0.25, -0.2) is 0 Å². The van der Waals surface area contributed by atoms with Crippen LogP contribution >= 0.6 is 0 Å². The van der Waals surface area contributed by atoms with Crippen LogP contribution in [0, 0.1) is 0 Å². The maximum Gasteiger partial charge on any atom is 0.306 e. The first-order valence-electron chi connectivity index (χ1n) is 31.1. The molecule has 0 fully saturated rings. The predicted molar refractivity (Wildman–Crippen MR) is 316 cm³/mol. The fourth-order valence-corrected chi connectivity index (χ4v) is 8.69. The molecule has 6 nitrogen and oxygen atoms in total. The van der Waals surface area contributed by atoms with Crippen molar-refractivity contribution in [2.45, 2.75) is 309 Å². The zero-order valence-electron chi connectivity index (χ0n) is 48.1. The van der Waals surface area contributed by atoms with Crippen LogP contribution in [0.15, 0.2) is 85.1 Å². The van der Waals surface area contributed by atoms with Gasteiger partial charge in [0.25, 0.3) is 0 Å². The summed E-state index contributed by atoms with van der Waals surface area (Å²) in [6, 6.07) is 0. The lowest BCUT2D eigenvalue weighted by atomic mass is 10.1. The molecule has 0 aromatic heterocycles. The Morgan fingerprint density at radius 3 is 0.863 bits per heavy atom. The Labute approximate surface area is 452 Å². The van der Waals surface area contributed by atoms with Crippen LogP contribution in [0.3, 0.4) is 0 Å². The molecular weight excluding hydrogens is 901 g/mol. The van der Waals surface area contributed by atoms with Gasteiger partial charge in [-0.2, -0.15) is 0 Å². The summed E-state index contributed by atoms with van der Waals surface area (Å²) in [5.41, 5.74) is 0. The van der Waals surface area contributed by atoms with E-state index in [1.54, 1.807) is 0 Å². The van der Waals surface area contributed by atoms with Crippen LogP contribution in [0.1, 0.15) is 303 Å². The topological polar surface area (TPSA) is 78.9 Å². The van der Waals surface area contributed by atoms with Crippen LogP contribution in [0.4, 0.5) is 0 Å². The third-order valence-corrected chi connectivity index (χ3v) is 13.4. The number of hydrogen-bond donors (Lipinski definition) is 0. The molecular formula is C67H116O6. The van der Waals surface area contributed by atoms with Crippen molar-refractivity contribution in [3.8, 4) is 0 Å². The Morgan fingerprint density at radius 1 is 0.288 bits per heavy atom. The highest BCUT2D eigenvalue weighted by Gasteiger charge is 2.19. The summed E-state index contributed by atoms with van der Waals surface area (Å²) in [5.74, 6) is -0.894. The van der Waals surface area contributed by atoms with Gasteiger partial charge in [0.15, 0.2) is 6.10 Å². The maximum absolute atomic E-state index is 12.9. The van der Waals surface area contributed by atoms with Gasteiger partial charge in [0, 0.05) is 19.3 Å². The van der Waals surface area contributed by atoms with Crippen molar-refractivity contribution in [1.29, 1.82) is 0 Å². The summed E-state index contributed by atoms with van der Waals surface area (Å²) < 4.78 is 16.9. The second-order valence-corrected chi connectivity index (χ2v) is 20.6. The van der Waals surface area contributed by atoms with E-state index in [0.717, 1.165) is 103 Å². The third-order valence-electron chi connectivity index (χ3n) is 13.4. The molecule has 0 aromatic rings. The molecule has 0 aliphatic rings. The average Bonchev–Trinajstić information content (AvgIpc) is 3.39. The molecule has 73 heavy (non-hydrogen) atoms. The van der Waals surface area contributed by atoms with Crippen molar-refractivity contribution in [3.63, 3.8) is 0 Å². The highest BCUT2D eigenvalue weighted by atomic mass is 16.6. The maximum atomic E-state index is 12.9. The van der Waals surface area contributed by atoms with E-state index < -0.39 is 6.10 Å². The van der Waals surface area contributed by atoms with E-state index in [0.29, 0.717) is 19.3 Å². The van der Waals surface area contributed by atoms with E-state index in [-0.39, 0.29) is 31.1 Å². The van der Waals surface area contributed by atoms with Crippen LogP contribution in [-0.4, -0.2) is 37.2 Å². The summed E-state index contributed by atoms with van der Waals surface area (Å²) in [6.45, 7) is 6.51. The molecule has 0 bridgehead atoms. The predicted octanol–water partition coefficient (Wildman–Crippen LogP) is 21.1. The lowest BCUT2D eigenvalue weighted by Crippen LogP contribution is -2.30. The largest absolute Gasteiger partial charge is 0.462 e. The second-order valence-electron chi connectivity index (χ2n) is 20.6. The van der Waals surface area contributed by atoms with Crippen molar-refractivity contribution >= 4 is 17.9 Å². The molecule has 0 heterocycles. The van der Waals surface area contributed by atoms with Gasteiger partial charge >= 0.3 is 17.9 Å². The molecule has 0 radical (unpaired) electrons. The Balaban J connectivity index is 4.36. The third kappa shape index (κ3) is 59.3. The summed E-state index contributed by atoms with van der Waals surface area (Å²) in [7, 11) is 0. The Bertz CT molecular complexity index is 1400. The fourth-order valence-electron chi connectivity index (χ4n) is 8.69. The Morgan fingerprint density at radius 2 is 0.534 bits per heavy atom. The lowest BCUT2D eigenvalue weighted by molar-refractivity contribution is -0.167. The van der Waals surface area contributed by atoms with Gasteiger partial charge in [-0.1, -0.05) is 254 Å². The van der Waals surface area contributed by atoms with E-state index in [9.17, 15) is 14.4 Å². The molecule has 0 rings (SSSR count). The SMILES string of the molecule is CC/C=C\C/C=C\C/C=C\C/C=C\CCCCCCCCCCCCC(=O)OCC(COC(=O)CCCCCCC/C=C\CCCCCCC)OC(=O)CCCCCCCCC/C=C\C/C=C\CCCCCC. The number of ether oxygens (including phenoxy) is 3. The van der Waals surface area contributed by atoms with Crippen molar-refractivity contribution in [1.82, 2.24) is 0 Å². The zero-order chi connectivity index (χ0) is 52.9. The number of esters is 3. The fraction of sp³-hybridized carbons (Fsp3) is 0.746. The van der Waals surface area contributed by atoms with Gasteiger partial charge in [-0.15, -0.1) is 0 Å². The van der Waals surface area contributed by atoms with Gasteiger partial charge in [0.2, 0.25) is 0 Å². The minimum Gasteiger partial charge on any atom is -0.462 e. The summed E-state index contributed by atoms with van der Waals surface area (Å²) in [6.07, 6.45) is 80.0. The number of hydrogen-bond acceptors (Lipinski definition) is 6. The molecule has 0 saturated carbocycles. The normalized spacial score (nSPS) is 12.6. The smallest absolute Gasteiger partial charge is 0.306 e. The van der Waals surface area contributed by atoms with E-state index >= 15 is 0 Å². The quantitative estimate of drug-likeness (QED) is 0.0261. The van der Waals surface area contributed by atoms with Crippen LogP contribution in [0.25, 0.3) is 0 Å². The molecule has 0 aliphatic carbocycles. The monoisotopic (exact) mass is 1020 g/mol. The van der Waals surface area contributed by atoms with Crippen LogP contribution in [0.5, 0.6) is 0 Å². The first kappa shape index (κ1) is 69.6. The van der Waals surface area contributed by atoms with E-state index in [4.69, 9.17) is 14.2 Å². The minimum absolute atomic E-state index is 0.0837. The molecule has 0 N–H and O–H groups in total. The van der Waals surface area contributed by atoms with Gasteiger partial charge in [0.05, 0.1) is 0 Å². The van der Waals surface area contributed by atoms with Crippen molar-refractivity contribution in [2.75, 3.05) is 13.2 Å². The number of unbranched alkanes of at least 4 members (excludes halogenated alkanes) is 31. The van der Waals surface area contributed by atoms with Crippen LogP contribution < -0.4 is 0 Å². The Hall–Kier alpha value is -3.41. The Kier molecular flexibility index (Phi) is 58.3. The molecule has 0 spiro atoms. The first-order chi connectivity index (χ1) is 36.0. The second kappa shape index (κ2) is 61.1. The van der Waals surface area contributed by atoms with Crippen molar-refractivity contribution in [3.05, 3.63) is 85.1 Å².